The summed E-state index contributed by atoms with van der Waals surface area (Å²) in [5, 5.41) is 7.37. The Labute approximate surface area is 152 Å². The molecule has 3 N–H and O–H groups in total. The molecule has 0 saturated carbocycles. The molecule has 0 unspecified atom stereocenters. The summed E-state index contributed by atoms with van der Waals surface area (Å²) >= 11 is 0. The van der Waals surface area contributed by atoms with Crippen LogP contribution in [0.15, 0.2) is 18.3 Å². The van der Waals surface area contributed by atoms with Crippen LogP contribution >= 0.6 is 0 Å². The average Bonchev–Trinajstić information content (AvgIpc) is 2.99. The number of carbonyl (C=O) groups excluding carboxylic acids is 1. The van der Waals surface area contributed by atoms with Gasteiger partial charge in [-0.3, -0.25) is 9.48 Å². The third kappa shape index (κ3) is 2.92. The number of ether oxygens (including phenoxy) is 2. The number of hydrogen-bond acceptors (Lipinski definition) is 5. The van der Waals surface area contributed by atoms with E-state index in [1.54, 1.807) is 10.9 Å². The first-order chi connectivity index (χ1) is 12.5. The topological polar surface area (TPSA) is 91.4 Å². The van der Waals surface area contributed by atoms with Crippen LogP contribution in [0.5, 0.6) is 11.5 Å². The second-order valence-corrected chi connectivity index (χ2v) is 7.05. The molecule has 0 radical (unpaired) electrons. The van der Waals surface area contributed by atoms with E-state index in [1.165, 1.54) is 0 Å². The fraction of sp³-hybridized carbons (Fsp3) is 0.474. The third-order valence-corrected chi connectivity index (χ3v) is 5.14. The van der Waals surface area contributed by atoms with Gasteiger partial charge in [-0.1, -0.05) is 13.3 Å². The van der Waals surface area contributed by atoms with Crippen LogP contribution in [0.4, 0.5) is 5.69 Å². The van der Waals surface area contributed by atoms with Gasteiger partial charge < -0.3 is 20.5 Å². The van der Waals surface area contributed by atoms with E-state index in [0.717, 1.165) is 36.1 Å². The quantitative estimate of drug-likeness (QED) is 0.757. The van der Waals surface area contributed by atoms with E-state index in [0.29, 0.717) is 30.4 Å². The number of aryl methyl sites for hydroxylation is 1. The predicted octanol–water partition coefficient (Wildman–Crippen LogP) is 2.62. The number of amides is 1. The van der Waals surface area contributed by atoms with Gasteiger partial charge in [-0.25, -0.2) is 0 Å². The first-order valence-corrected chi connectivity index (χ1v) is 9.07. The molecule has 1 amide bonds. The Morgan fingerprint density at radius 2 is 2.08 bits per heavy atom. The summed E-state index contributed by atoms with van der Waals surface area (Å²) in [6.07, 6.45) is 4.18. The second kappa shape index (κ2) is 6.64. The molecule has 2 aliphatic heterocycles. The van der Waals surface area contributed by atoms with Crippen molar-refractivity contribution in [2.75, 3.05) is 18.5 Å². The lowest BCUT2D eigenvalue weighted by atomic mass is 9.94. The molecule has 0 aliphatic carbocycles. The summed E-state index contributed by atoms with van der Waals surface area (Å²) in [5.74, 6) is 1.29. The molecule has 1 aromatic heterocycles. The van der Waals surface area contributed by atoms with Crippen molar-refractivity contribution in [2.45, 2.75) is 32.2 Å². The molecule has 4 rings (SSSR count). The Bertz CT molecular complexity index is 846. The van der Waals surface area contributed by atoms with Gasteiger partial charge in [-0.2, -0.15) is 5.10 Å². The van der Waals surface area contributed by atoms with Crippen LogP contribution in [0.25, 0.3) is 11.3 Å². The minimum atomic E-state index is -0.115. The van der Waals surface area contributed by atoms with Gasteiger partial charge >= 0.3 is 0 Å². The summed E-state index contributed by atoms with van der Waals surface area (Å²) < 4.78 is 13.5. The van der Waals surface area contributed by atoms with Crippen molar-refractivity contribution in [3.8, 4) is 22.8 Å². The van der Waals surface area contributed by atoms with Crippen LogP contribution in [0.2, 0.25) is 0 Å². The van der Waals surface area contributed by atoms with E-state index in [9.17, 15) is 4.79 Å². The number of rotatable bonds is 0. The lowest BCUT2D eigenvalue weighted by Gasteiger charge is -2.25. The van der Waals surface area contributed by atoms with Crippen molar-refractivity contribution >= 4 is 11.6 Å². The highest BCUT2D eigenvalue weighted by molar-refractivity contribution is 5.96. The van der Waals surface area contributed by atoms with Gasteiger partial charge in [-0.15, -0.1) is 0 Å². The molecule has 2 atom stereocenters. The van der Waals surface area contributed by atoms with Gasteiger partial charge in [0.15, 0.2) is 11.5 Å². The van der Waals surface area contributed by atoms with Crippen molar-refractivity contribution < 1.29 is 14.3 Å². The molecular weight excluding hydrogens is 332 g/mol. The van der Waals surface area contributed by atoms with Gasteiger partial charge in [0.05, 0.1) is 17.6 Å². The van der Waals surface area contributed by atoms with Crippen molar-refractivity contribution in [3.63, 3.8) is 0 Å². The van der Waals surface area contributed by atoms with E-state index < -0.39 is 0 Å². The number of aromatic nitrogens is 2. The normalized spacial score (nSPS) is 22.7. The van der Waals surface area contributed by atoms with E-state index >= 15 is 0 Å². The van der Waals surface area contributed by atoms with E-state index in [4.69, 9.17) is 15.2 Å². The predicted molar refractivity (Wildman–Crippen MR) is 98.2 cm³/mol. The molecule has 3 heterocycles. The fourth-order valence-electron chi connectivity index (χ4n) is 3.61. The maximum Gasteiger partial charge on any atom is 0.227 e. The molecule has 7 nitrogen and oxygen atoms in total. The zero-order valence-electron chi connectivity index (χ0n) is 15.1. The zero-order chi connectivity index (χ0) is 18.3. The Kier molecular flexibility index (Phi) is 4.32. The summed E-state index contributed by atoms with van der Waals surface area (Å²) in [6.45, 7) is 2.94. The van der Waals surface area contributed by atoms with Crippen LogP contribution in [0.3, 0.4) is 0 Å². The summed E-state index contributed by atoms with van der Waals surface area (Å²) in [5.41, 5.74) is 9.77. The molecule has 1 aromatic carbocycles. The molecule has 26 heavy (non-hydrogen) atoms. The van der Waals surface area contributed by atoms with Gasteiger partial charge in [-0.05, 0) is 30.5 Å². The number of benzene rings is 1. The lowest BCUT2D eigenvalue weighted by molar-refractivity contribution is -0.119. The highest BCUT2D eigenvalue weighted by atomic mass is 16.6. The van der Waals surface area contributed by atoms with Gasteiger partial charge in [0.2, 0.25) is 5.91 Å². The van der Waals surface area contributed by atoms with Crippen molar-refractivity contribution in [1.29, 1.82) is 0 Å². The van der Waals surface area contributed by atoms with Gasteiger partial charge in [0.25, 0.3) is 0 Å². The Hall–Kier alpha value is -2.54. The first kappa shape index (κ1) is 16.9. The SMILES string of the molecule is C[C@@H]1CCC[C@H](N)c2cc3c(c(c2)-c2c(cnn2C)NC1=O)OCCO3. The second-order valence-electron chi connectivity index (χ2n) is 7.05. The maximum atomic E-state index is 12.6. The molecule has 7 heteroatoms. The molecule has 138 valence electrons. The largest absolute Gasteiger partial charge is 0.486 e. The maximum absolute atomic E-state index is 12.6. The Balaban J connectivity index is 1.92. The standard InChI is InChI=1S/C19H24N4O3/c1-11-4-3-5-14(20)12-8-13(18-16(9-12)25-6-7-26-18)17-15(22-19(11)24)10-21-23(17)2/h8-11,14H,3-7,20H2,1-2H3,(H,22,24)/t11-,14+/m1/s1. The lowest BCUT2D eigenvalue weighted by Crippen LogP contribution is -2.22. The van der Waals surface area contributed by atoms with E-state index in [1.807, 2.05) is 26.1 Å². The summed E-state index contributed by atoms with van der Waals surface area (Å²) in [6, 6.07) is 3.90. The van der Waals surface area contributed by atoms with Gasteiger partial charge in [0, 0.05) is 24.6 Å². The molecule has 0 fully saturated rings. The minimum Gasteiger partial charge on any atom is -0.486 e. The zero-order valence-corrected chi connectivity index (χ0v) is 15.1. The number of hydrogen-bond donors (Lipinski definition) is 2. The van der Waals surface area contributed by atoms with Gasteiger partial charge in [0.1, 0.15) is 13.2 Å². The van der Waals surface area contributed by atoms with E-state index in [2.05, 4.69) is 10.4 Å². The molecule has 2 bridgehead atoms. The highest BCUT2D eigenvalue weighted by Crippen LogP contribution is 2.44. The molecule has 2 aliphatic rings. The first-order valence-electron chi connectivity index (χ1n) is 9.07. The van der Waals surface area contributed by atoms with Crippen molar-refractivity contribution in [2.24, 2.45) is 18.7 Å². The number of carbonyl (C=O) groups is 1. The van der Waals surface area contributed by atoms with Crippen LogP contribution < -0.4 is 20.5 Å². The van der Waals surface area contributed by atoms with Crippen LogP contribution in [0, 0.1) is 5.92 Å². The molecule has 0 saturated heterocycles. The summed E-state index contributed by atoms with van der Waals surface area (Å²) in [7, 11) is 1.85. The Morgan fingerprint density at radius 3 is 2.92 bits per heavy atom. The molecule has 0 spiro atoms. The molecular formula is C19H24N4O3. The van der Waals surface area contributed by atoms with E-state index in [-0.39, 0.29) is 17.9 Å². The number of nitrogens with zero attached hydrogens (tertiary/aromatic N) is 2. The average molecular weight is 356 g/mol. The highest BCUT2D eigenvalue weighted by Gasteiger charge is 2.26. The van der Waals surface area contributed by atoms with Crippen LogP contribution in [-0.4, -0.2) is 28.9 Å². The van der Waals surface area contributed by atoms with Crippen LogP contribution in [-0.2, 0) is 11.8 Å². The molecule has 2 aromatic rings. The summed E-state index contributed by atoms with van der Waals surface area (Å²) in [4.78, 5) is 12.6. The fourth-order valence-corrected chi connectivity index (χ4v) is 3.61. The number of anilines is 1. The number of nitrogens with one attached hydrogen (secondary N) is 1. The third-order valence-electron chi connectivity index (χ3n) is 5.14. The minimum absolute atomic E-state index is 0.00409. The van der Waals surface area contributed by atoms with Crippen molar-refractivity contribution in [1.82, 2.24) is 9.78 Å². The monoisotopic (exact) mass is 356 g/mol. The van der Waals surface area contributed by atoms with Crippen molar-refractivity contribution in [3.05, 3.63) is 23.9 Å². The smallest absolute Gasteiger partial charge is 0.227 e. The van der Waals surface area contributed by atoms with Crippen LogP contribution in [0.1, 0.15) is 37.8 Å². The number of fused-ring (bicyclic) bond motifs is 6. The number of nitrogens with two attached hydrogens (primary N) is 1. The Morgan fingerprint density at radius 1 is 1.27 bits per heavy atom.